The number of benzene rings is 1. The summed E-state index contributed by atoms with van der Waals surface area (Å²) in [7, 11) is 0. The van der Waals surface area contributed by atoms with Gasteiger partial charge >= 0.3 is 5.97 Å². The molecule has 4 N–H and O–H groups in total. The Morgan fingerprint density at radius 1 is 1.29 bits per heavy atom. The van der Waals surface area contributed by atoms with E-state index in [9.17, 15) is 9.59 Å². The summed E-state index contributed by atoms with van der Waals surface area (Å²) in [6.07, 6.45) is 0.148. The lowest BCUT2D eigenvalue weighted by molar-refractivity contribution is -0.141. The number of hydrogen-bond acceptors (Lipinski definition) is 4. The molecule has 0 aliphatic heterocycles. The second kappa shape index (κ2) is 8.84. The van der Waals surface area contributed by atoms with Crippen molar-refractivity contribution in [1.82, 2.24) is 5.32 Å². The molecule has 1 atom stereocenters. The Morgan fingerprint density at radius 3 is 2.62 bits per heavy atom. The molecule has 0 heterocycles. The SMILES string of the molecule is O=C(C[C@H](NCCCO)C(=O)O)Nc1cc(Cl)ccc1Cl. The van der Waals surface area contributed by atoms with Gasteiger partial charge in [-0.1, -0.05) is 23.2 Å². The van der Waals surface area contributed by atoms with E-state index < -0.39 is 17.9 Å². The normalized spacial score (nSPS) is 12.0. The first-order valence-electron chi connectivity index (χ1n) is 6.26. The van der Waals surface area contributed by atoms with Crippen LogP contribution in [0.3, 0.4) is 0 Å². The molecule has 0 saturated carbocycles. The van der Waals surface area contributed by atoms with Crippen molar-refractivity contribution in [2.75, 3.05) is 18.5 Å². The van der Waals surface area contributed by atoms with E-state index in [1.807, 2.05) is 0 Å². The lowest BCUT2D eigenvalue weighted by atomic mass is 10.2. The minimum absolute atomic E-state index is 0.0519. The van der Waals surface area contributed by atoms with Crippen molar-refractivity contribution in [3.8, 4) is 0 Å². The van der Waals surface area contributed by atoms with Crippen LogP contribution in [0.5, 0.6) is 0 Å². The van der Waals surface area contributed by atoms with Gasteiger partial charge in [0.1, 0.15) is 6.04 Å². The number of aliphatic hydroxyl groups is 1. The zero-order valence-electron chi connectivity index (χ0n) is 11.1. The summed E-state index contributed by atoms with van der Waals surface area (Å²) in [5, 5.41) is 23.6. The first kappa shape index (κ1) is 17.7. The van der Waals surface area contributed by atoms with Gasteiger partial charge in [0.2, 0.25) is 5.91 Å². The molecule has 1 aromatic rings. The molecule has 6 nitrogen and oxygen atoms in total. The monoisotopic (exact) mass is 334 g/mol. The van der Waals surface area contributed by atoms with Crippen molar-refractivity contribution in [3.63, 3.8) is 0 Å². The van der Waals surface area contributed by atoms with E-state index in [1.165, 1.54) is 12.1 Å². The van der Waals surface area contributed by atoms with Crippen LogP contribution < -0.4 is 10.6 Å². The number of carboxylic acid groups (broad SMARTS) is 1. The van der Waals surface area contributed by atoms with Gasteiger partial charge in [0.05, 0.1) is 17.1 Å². The average molecular weight is 335 g/mol. The quantitative estimate of drug-likeness (QED) is 0.543. The highest BCUT2D eigenvalue weighted by atomic mass is 35.5. The van der Waals surface area contributed by atoms with Crippen molar-refractivity contribution in [3.05, 3.63) is 28.2 Å². The van der Waals surface area contributed by atoms with Crippen LogP contribution in [-0.2, 0) is 9.59 Å². The fraction of sp³-hybridized carbons (Fsp3) is 0.385. The van der Waals surface area contributed by atoms with Crippen molar-refractivity contribution in [2.24, 2.45) is 0 Å². The van der Waals surface area contributed by atoms with Crippen LogP contribution in [0.1, 0.15) is 12.8 Å². The Kier molecular flexibility index (Phi) is 7.45. The van der Waals surface area contributed by atoms with Crippen LogP contribution in [0.4, 0.5) is 5.69 Å². The number of carbonyl (C=O) groups is 2. The summed E-state index contributed by atoms with van der Waals surface area (Å²) < 4.78 is 0. The van der Waals surface area contributed by atoms with Crippen molar-refractivity contribution in [1.29, 1.82) is 0 Å². The van der Waals surface area contributed by atoms with E-state index in [2.05, 4.69) is 10.6 Å². The maximum Gasteiger partial charge on any atom is 0.321 e. The lowest BCUT2D eigenvalue weighted by Crippen LogP contribution is -2.40. The van der Waals surface area contributed by atoms with Gasteiger partial charge in [-0.2, -0.15) is 0 Å². The van der Waals surface area contributed by atoms with Crippen LogP contribution in [-0.4, -0.2) is 41.3 Å². The first-order valence-corrected chi connectivity index (χ1v) is 7.01. The third-order valence-corrected chi connectivity index (χ3v) is 3.18. The van der Waals surface area contributed by atoms with E-state index >= 15 is 0 Å². The first-order chi connectivity index (χ1) is 9.93. The van der Waals surface area contributed by atoms with Gasteiger partial charge in [0.25, 0.3) is 0 Å². The topological polar surface area (TPSA) is 98.7 Å². The van der Waals surface area contributed by atoms with Gasteiger partial charge in [-0.3, -0.25) is 9.59 Å². The summed E-state index contributed by atoms with van der Waals surface area (Å²) in [6.45, 7) is 0.252. The number of aliphatic carboxylic acids is 1. The molecule has 0 aromatic heterocycles. The van der Waals surface area contributed by atoms with E-state index in [-0.39, 0.29) is 13.0 Å². The Hall–Kier alpha value is -1.34. The number of anilines is 1. The highest BCUT2D eigenvalue weighted by Crippen LogP contribution is 2.25. The van der Waals surface area contributed by atoms with Crippen LogP contribution >= 0.6 is 23.2 Å². The molecular weight excluding hydrogens is 319 g/mol. The summed E-state index contributed by atoms with van der Waals surface area (Å²) in [4.78, 5) is 22.9. The molecule has 116 valence electrons. The Labute approximate surface area is 132 Å². The van der Waals surface area contributed by atoms with Crippen molar-refractivity contribution >= 4 is 40.8 Å². The molecule has 1 amide bonds. The number of amides is 1. The van der Waals surface area contributed by atoms with Gasteiger partial charge in [-0.25, -0.2) is 0 Å². The van der Waals surface area contributed by atoms with Crippen molar-refractivity contribution in [2.45, 2.75) is 18.9 Å². The summed E-state index contributed by atoms with van der Waals surface area (Å²) in [5.74, 6) is -1.64. The van der Waals surface area contributed by atoms with E-state index in [0.29, 0.717) is 28.7 Å². The third kappa shape index (κ3) is 6.31. The number of carboxylic acids is 1. The molecule has 1 rings (SSSR count). The van der Waals surface area contributed by atoms with E-state index in [4.69, 9.17) is 33.4 Å². The predicted octanol–water partition coefficient (Wildman–Crippen LogP) is 1.75. The smallest absolute Gasteiger partial charge is 0.321 e. The van der Waals surface area contributed by atoms with Gasteiger partial charge in [0.15, 0.2) is 0 Å². The zero-order chi connectivity index (χ0) is 15.8. The molecule has 0 bridgehead atoms. The Balaban J connectivity index is 2.61. The number of hydrogen-bond donors (Lipinski definition) is 4. The Bertz CT molecular complexity index is 511. The van der Waals surface area contributed by atoms with Gasteiger partial charge < -0.3 is 20.8 Å². The summed E-state index contributed by atoms with van der Waals surface area (Å²) >= 11 is 11.7. The van der Waals surface area contributed by atoms with Crippen LogP contribution in [0, 0.1) is 0 Å². The van der Waals surface area contributed by atoms with Gasteiger partial charge in [0, 0.05) is 11.6 Å². The molecule has 21 heavy (non-hydrogen) atoms. The molecule has 0 aliphatic rings. The molecule has 0 fully saturated rings. The summed E-state index contributed by atoms with van der Waals surface area (Å²) in [6, 6.07) is 3.56. The van der Waals surface area contributed by atoms with E-state index in [1.54, 1.807) is 6.07 Å². The number of carbonyl (C=O) groups excluding carboxylic acids is 1. The van der Waals surface area contributed by atoms with Crippen molar-refractivity contribution < 1.29 is 19.8 Å². The van der Waals surface area contributed by atoms with Crippen LogP contribution in [0.2, 0.25) is 10.0 Å². The predicted molar refractivity (Wildman–Crippen MR) is 80.8 cm³/mol. The highest BCUT2D eigenvalue weighted by Gasteiger charge is 2.20. The number of aliphatic hydroxyl groups excluding tert-OH is 1. The van der Waals surface area contributed by atoms with Crippen LogP contribution in [0.15, 0.2) is 18.2 Å². The minimum atomic E-state index is -1.14. The number of rotatable bonds is 8. The standard InChI is InChI=1S/C13H16Cl2N2O4/c14-8-2-3-9(15)10(6-8)17-12(19)7-11(13(20)21)16-4-1-5-18/h2-3,6,11,16,18H,1,4-5,7H2,(H,17,19)(H,20,21)/t11-/m0/s1. The molecule has 0 aliphatic carbocycles. The molecule has 0 radical (unpaired) electrons. The summed E-state index contributed by atoms with van der Waals surface area (Å²) in [5.41, 5.74) is 0.327. The number of nitrogens with one attached hydrogen (secondary N) is 2. The molecule has 0 spiro atoms. The van der Waals surface area contributed by atoms with Gasteiger partial charge in [-0.15, -0.1) is 0 Å². The fourth-order valence-electron chi connectivity index (χ4n) is 1.58. The molecule has 0 unspecified atom stereocenters. The molecule has 1 aromatic carbocycles. The maximum absolute atomic E-state index is 11.9. The second-order valence-electron chi connectivity index (χ2n) is 4.30. The zero-order valence-corrected chi connectivity index (χ0v) is 12.6. The minimum Gasteiger partial charge on any atom is -0.480 e. The molecule has 8 heteroatoms. The fourth-order valence-corrected chi connectivity index (χ4v) is 1.92. The number of halogens is 2. The third-order valence-electron chi connectivity index (χ3n) is 2.62. The van der Waals surface area contributed by atoms with Crippen LogP contribution in [0.25, 0.3) is 0 Å². The second-order valence-corrected chi connectivity index (χ2v) is 5.14. The molecule has 0 saturated heterocycles. The largest absolute Gasteiger partial charge is 0.480 e. The van der Waals surface area contributed by atoms with E-state index in [0.717, 1.165) is 0 Å². The average Bonchev–Trinajstić information content (AvgIpc) is 2.42. The highest BCUT2D eigenvalue weighted by molar-refractivity contribution is 6.35. The Morgan fingerprint density at radius 2 is 2.00 bits per heavy atom. The van der Waals surface area contributed by atoms with Gasteiger partial charge in [-0.05, 0) is 31.2 Å². The maximum atomic E-state index is 11.9. The molecular formula is C13H16Cl2N2O4. The lowest BCUT2D eigenvalue weighted by Gasteiger charge is -2.14.